The fraction of sp³-hybridized carbons (Fsp3) is 0.143. The molecule has 0 aliphatic rings. The molecule has 0 bridgehead atoms. The van der Waals surface area contributed by atoms with Crippen LogP contribution >= 0.6 is 0 Å². The Kier molecular flexibility index (Phi) is 6.01. The van der Waals surface area contributed by atoms with E-state index in [2.05, 4.69) is 15.7 Å². The van der Waals surface area contributed by atoms with E-state index in [4.69, 9.17) is 0 Å². The number of halogens is 2. The van der Waals surface area contributed by atoms with Gasteiger partial charge in [0.25, 0.3) is 11.5 Å². The van der Waals surface area contributed by atoms with E-state index in [9.17, 15) is 23.2 Å². The van der Waals surface area contributed by atoms with Crippen LogP contribution in [0.5, 0.6) is 0 Å². The van der Waals surface area contributed by atoms with Crippen molar-refractivity contribution in [2.45, 2.75) is 20.4 Å². The molecule has 1 heterocycles. The van der Waals surface area contributed by atoms with E-state index < -0.39 is 35.6 Å². The number of aromatic nitrogens is 2. The van der Waals surface area contributed by atoms with Crippen LogP contribution in [0.25, 0.3) is 0 Å². The number of benzene rings is 2. The maximum absolute atomic E-state index is 13.7. The Labute approximate surface area is 170 Å². The topological polar surface area (TPSA) is 93.1 Å². The zero-order valence-electron chi connectivity index (χ0n) is 16.2. The highest BCUT2D eigenvalue weighted by Crippen LogP contribution is 2.16. The van der Waals surface area contributed by atoms with Crippen molar-refractivity contribution in [3.05, 3.63) is 87.3 Å². The van der Waals surface area contributed by atoms with E-state index in [-0.39, 0.29) is 11.4 Å². The first-order valence-electron chi connectivity index (χ1n) is 8.94. The zero-order valence-corrected chi connectivity index (χ0v) is 16.2. The average Bonchev–Trinajstić information content (AvgIpc) is 2.68. The highest BCUT2D eigenvalue weighted by Gasteiger charge is 2.14. The molecule has 7 nitrogen and oxygen atoms in total. The number of carbonyl (C=O) groups is 2. The lowest BCUT2D eigenvalue weighted by Crippen LogP contribution is -2.31. The number of hydrogen-bond donors (Lipinski definition) is 2. The van der Waals surface area contributed by atoms with Crippen LogP contribution in [-0.2, 0) is 11.3 Å². The van der Waals surface area contributed by atoms with Crippen molar-refractivity contribution in [1.82, 2.24) is 9.78 Å². The number of amides is 2. The number of anilines is 2. The van der Waals surface area contributed by atoms with E-state index in [1.54, 1.807) is 12.1 Å². The molecule has 0 aliphatic heterocycles. The number of hydrogen-bond acceptors (Lipinski definition) is 4. The highest BCUT2D eigenvalue weighted by atomic mass is 19.1. The van der Waals surface area contributed by atoms with Crippen molar-refractivity contribution in [3.8, 4) is 0 Å². The third-order valence-corrected chi connectivity index (χ3v) is 4.36. The molecule has 0 spiro atoms. The van der Waals surface area contributed by atoms with Crippen molar-refractivity contribution in [2.75, 3.05) is 10.6 Å². The van der Waals surface area contributed by atoms with Crippen LogP contribution in [-0.4, -0.2) is 21.6 Å². The number of nitrogens with one attached hydrogen (secondary N) is 2. The molecular weight excluding hydrogens is 394 g/mol. The first-order valence-corrected chi connectivity index (χ1v) is 8.94. The first kappa shape index (κ1) is 20.8. The first-order chi connectivity index (χ1) is 14.2. The van der Waals surface area contributed by atoms with Gasteiger partial charge in [-0.2, -0.15) is 5.10 Å². The van der Waals surface area contributed by atoms with E-state index in [1.165, 1.54) is 6.07 Å². The molecule has 2 amide bonds. The molecule has 3 rings (SSSR count). The second-order valence-corrected chi connectivity index (χ2v) is 6.64. The van der Waals surface area contributed by atoms with Crippen LogP contribution in [0.3, 0.4) is 0 Å². The summed E-state index contributed by atoms with van der Waals surface area (Å²) in [5.41, 5.74) is 1.70. The van der Waals surface area contributed by atoms with Crippen molar-refractivity contribution in [3.63, 3.8) is 0 Å². The quantitative estimate of drug-likeness (QED) is 0.674. The maximum Gasteiger partial charge on any atom is 0.276 e. The second-order valence-electron chi connectivity index (χ2n) is 6.64. The fourth-order valence-electron chi connectivity index (χ4n) is 2.61. The lowest BCUT2D eigenvalue weighted by atomic mass is 10.1. The van der Waals surface area contributed by atoms with Gasteiger partial charge in [0.1, 0.15) is 23.9 Å². The number of aryl methyl sites for hydroxylation is 2. The summed E-state index contributed by atoms with van der Waals surface area (Å²) in [6, 6.07) is 10.4. The summed E-state index contributed by atoms with van der Waals surface area (Å²) < 4.78 is 27.4. The molecule has 0 unspecified atom stereocenters. The molecule has 2 aromatic carbocycles. The summed E-state index contributed by atoms with van der Waals surface area (Å²) in [6.45, 7) is 3.30. The minimum atomic E-state index is -0.954. The van der Waals surface area contributed by atoms with Crippen molar-refractivity contribution in [1.29, 1.82) is 0 Å². The van der Waals surface area contributed by atoms with E-state index in [1.807, 2.05) is 19.9 Å². The van der Waals surface area contributed by atoms with E-state index >= 15 is 0 Å². The molecule has 0 saturated heterocycles. The van der Waals surface area contributed by atoms with Crippen molar-refractivity contribution in [2.24, 2.45) is 0 Å². The Balaban J connectivity index is 1.74. The molecule has 30 heavy (non-hydrogen) atoms. The van der Waals surface area contributed by atoms with Gasteiger partial charge >= 0.3 is 0 Å². The van der Waals surface area contributed by atoms with Crippen LogP contribution in [0.4, 0.5) is 20.2 Å². The molecule has 0 radical (unpaired) electrons. The van der Waals surface area contributed by atoms with Gasteiger partial charge < -0.3 is 10.6 Å². The lowest BCUT2D eigenvalue weighted by Gasteiger charge is -2.10. The summed E-state index contributed by atoms with van der Waals surface area (Å²) in [5, 5.41) is 8.81. The predicted molar refractivity (Wildman–Crippen MR) is 107 cm³/mol. The Morgan fingerprint density at radius 3 is 2.43 bits per heavy atom. The molecule has 9 heteroatoms. The summed E-state index contributed by atoms with van der Waals surface area (Å²) >= 11 is 0. The van der Waals surface area contributed by atoms with Gasteiger partial charge in [0.05, 0.1) is 5.69 Å². The van der Waals surface area contributed by atoms with Gasteiger partial charge in [0.2, 0.25) is 5.91 Å². The van der Waals surface area contributed by atoms with Crippen LogP contribution in [0.2, 0.25) is 0 Å². The molecule has 2 N–H and O–H groups in total. The van der Waals surface area contributed by atoms with E-state index in [0.717, 1.165) is 34.0 Å². The number of rotatable bonds is 5. The van der Waals surface area contributed by atoms with Crippen molar-refractivity contribution < 1.29 is 18.4 Å². The summed E-state index contributed by atoms with van der Waals surface area (Å²) in [6.07, 6.45) is 0. The van der Waals surface area contributed by atoms with Gasteiger partial charge in [-0.15, -0.1) is 0 Å². The zero-order chi connectivity index (χ0) is 21.8. The van der Waals surface area contributed by atoms with Gasteiger partial charge in [-0.3, -0.25) is 14.4 Å². The molecule has 0 saturated carbocycles. The Morgan fingerprint density at radius 1 is 0.967 bits per heavy atom. The number of nitrogens with zero attached hydrogens (tertiary/aromatic N) is 2. The van der Waals surface area contributed by atoms with Gasteiger partial charge in [-0.1, -0.05) is 6.07 Å². The van der Waals surface area contributed by atoms with Crippen LogP contribution in [0.1, 0.15) is 21.6 Å². The Bertz CT molecular complexity index is 1190. The second kappa shape index (κ2) is 8.64. The van der Waals surface area contributed by atoms with Crippen LogP contribution in [0.15, 0.2) is 53.3 Å². The Morgan fingerprint density at radius 2 is 1.73 bits per heavy atom. The molecular formula is C21H18F2N4O3. The third-order valence-electron chi connectivity index (χ3n) is 4.36. The third kappa shape index (κ3) is 4.93. The Hall–Kier alpha value is -3.88. The molecule has 1 aromatic heterocycles. The minimum Gasteiger partial charge on any atom is -0.322 e. The lowest BCUT2D eigenvalue weighted by molar-refractivity contribution is -0.117. The van der Waals surface area contributed by atoms with Gasteiger partial charge in [-0.05, 0) is 55.3 Å². The monoisotopic (exact) mass is 412 g/mol. The molecule has 3 aromatic rings. The molecule has 0 atom stereocenters. The maximum atomic E-state index is 13.7. The molecule has 0 fully saturated rings. The minimum absolute atomic E-state index is 0.0754. The fourth-order valence-corrected chi connectivity index (χ4v) is 2.61. The summed E-state index contributed by atoms with van der Waals surface area (Å²) in [7, 11) is 0. The summed E-state index contributed by atoms with van der Waals surface area (Å²) in [5.74, 6) is -3.06. The van der Waals surface area contributed by atoms with Crippen LogP contribution in [0, 0.1) is 25.5 Å². The van der Waals surface area contributed by atoms with Crippen molar-refractivity contribution >= 4 is 23.2 Å². The smallest absolute Gasteiger partial charge is 0.276 e. The van der Waals surface area contributed by atoms with E-state index in [0.29, 0.717) is 11.8 Å². The normalized spacial score (nSPS) is 10.5. The van der Waals surface area contributed by atoms with Gasteiger partial charge in [0.15, 0.2) is 0 Å². The van der Waals surface area contributed by atoms with Gasteiger partial charge in [-0.25, -0.2) is 13.5 Å². The largest absolute Gasteiger partial charge is 0.322 e. The standard InChI is InChI=1S/C21H18F2N4O3/c1-12-3-5-15(9-13(12)2)24-21(30)18-7-8-20(29)27(26-18)11-19(28)25-17-6-4-14(22)10-16(17)23/h3-10H,11H2,1-2H3,(H,24,30)(H,25,28). The van der Waals surface area contributed by atoms with Crippen LogP contribution < -0.4 is 16.2 Å². The number of carbonyl (C=O) groups excluding carboxylic acids is 2. The van der Waals surface area contributed by atoms with Gasteiger partial charge in [0, 0.05) is 17.8 Å². The SMILES string of the molecule is Cc1ccc(NC(=O)c2ccc(=O)n(CC(=O)Nc3ccc(F)cc3F)n2)cc1C. The average molecular weight is 412 g/mol. The molecule has 154 valence electrons. The molecule has 0 aliphatic carbocycles. The predicted octanol–water partition coefficient (Wildman–Crippen LogP) is 3.03. The summed E-state index contributed by atoms with van der Waals surface area (Å²) in [4.78, 5) is 36.6. The highest BCUT2D eigenvalue weighted by molar-refractivity contribution is 6.02.